The number of carbonyl (C=O) groups excluding carboxylic acids is 1. The molecule has 0 atom stereocenters. The zero-order valence-corrected chi connectivity index (χ0v) is 19.8. The molecule has 4 aromatic rings. The average molecular weight is 481 g/mol. The number of benzene rings is 2. The Balaban J connectivity index is 1.31. The van der Waals surface area contributed by atoms with Gasteiger partial charge in [0, 0.05) is 31.6 Å². The lowest BCUT2D eigenvalue weighted by atomic mass is 10.2. The van der Waals surface area contributed by atoms with Crippen molar-refractivity contribution in [3.63, 3.8) is 0 Å². The monoisotopic (exact) mass is 480 g/mol. The number of azo groups is 1. The molecule has 5 rings (SSSR count). The summed E-state index contributed by atoms with van der Waals surface area (Å²) in [6, 6.07) is 15.6. The first kappa shape index (κ1) is 22.0. The van der Waals surface area contributed by atoms with E-state index in [4.69, 9.17) is 0 Å². The highest BCUT2D eigenvalue weighted by Gasteiger charge is 2.20. The maximum absolute atomic E-state index is 12.4. The highest BCUT2D eigenvalue weighted by Crippen LogP contribution is 2.39. The maximum Gasteiger partial charge on any atom is 0.274 e. The van der Waals surface area contributed by atoms with Crippen LogP contribution in [-0.4, -0.2) is 69.3 Å². The molecule has 170 valence electrons. The second-order valence-electron chi connectivity index (χ2n) is 8.01. The van der Waals surface area contributed by atoms with Crippen molar-refractivity contribution in [2.45, 2.75) is 11.0 Å². The van der Waals surface area contributed by atoms with Gasteiger partial charge in [-0.25, -0.2) is 4.98 Å². The van der Waals surface area contributed by atoms with Crippen molar-refractivity contribution in [2.24, 2.45) is 10.2 Å². The van der Waals surface area contributed by atoms with Crippen molar-refractivity contribution >= 4 is 55.8 Å². The third-order valence-corrected chi connectivity index (χ3v) is 7.87. The van der Waals surface area contributed by atoms with E-state index < -0.39 is 0 Å². The smallest absolute Gasteiger partial charge is 0.274 e. The molecule has 1 amide bonds. The number of rotatable bonds is 6. The Morgan fingerprint density at radius 2 is 1.88 bits per heavy atom. The highest BCUT2D eigenvalue weighted by molar-refractivity contribution is 8.01. The van der Waals surface area contributed by atoms with Crippen molar-refractivity contribution in [1.82, 2.24) is 19.4 Å². The van der Waals surface area contributed by atoms with Gasteiger partial charge in [0.2, 0.25) is 5.88 Å². The number of nitrogens with zero attached hydrogens (tertiary/aromatic N) is 6. The van der Waals surface area contributed by atoms with Gasteiger partial charge in [0.05, 0.1) is 28.2 Å². The minimum Gasteiger partial charge on any atom is -0.493 e. The molecule has 0 bridgehead atoms. The van der Waals surface area contributed by atoms with E-state index in [-0.39, 0.29) is 17.5 Å². The molecule has 0 spiro atoms. The summed E-state index contributed by atoms with van der Waals surface area (Å²) in [5.74, 6) is -0.190. The van der Waals surface area contributed by atoms with Crippen LogP contribution < -0.4 is 0 Å². The number of para-hydroxylation sites is 2. The number of hydrogen-bond acceptors (Lipinski definition) is 8. The number of amides is 1. The summed E-state index contributed by atoms with van der Waals surface area (Å²) >= 11 is 2.91. The summed E-state index contributed by atoms with van der Waals surface area (Å²) in [5.41, 5.74) is 2.13. The molecule has 0 aliphatic carbocycles. The number of carbonyl (C=O) groups is 1. The van der Waals surface area contributed by atoms with Crippen LogP contribution in [0.25, 0.3) is 21.1 Å². The molecular weight excluding hydrogens is 456 g/mol. The molecule has 1 aliphatic heterocycles. The van der Waals surface area contributed by atoms with Crippen molar-refractivity contribution in [1.29, 1.82) is 0 Å². The van der Waals surface area contributed by atoms with Crippen LogP contribution in [0.4, 0.5) is 5.69 Å². The van der Waals surface area contributed by atoms with E-state index >= 15 is 0 Å². The van der Waals surface area contributed by atoms with Gasteiger partial charge < -0.3 is 10.0 Å². The first-order chi connectivity index (χ1) is 16.1. The van der Waals surface area contributed by atoms with E-state index in [0.29, 0.717) is 12.4 Å². The van der Waals surface area contributed by atoms with Crippen LogP contribution in [0.5, 0.6) is 5.88 Å². The Morgan fingerprint density at radius 3 is 2.70 bits per heavy atom. The fourth-order valence-corrected chi connectivity index (χ4v) is 5.72. The minimum atomic E-state index is -0.366. The predicted octanol–water partition coefficient (Wildman–Crippen LogP) is 4.56. The summed E-state index contributed by atoms with van der Waals surface area (Å²) in [6.07, 6.45) is 0. The molecule has 1 N–H and O–H groups in total. The van der Waals surface area contributed by atoms with Gasteiger partial charge in [-0.3, -0.25) is 14.3 Å². The summed E-state index contributed by atoms with van der Waals surface area (Å²) in [5, 5.41) is 19.8. The molecule has 10 heteroatoms. The third-order valence-electron chi connectivity index (χ3n) is 5.71. The average Bonchev–Trinajstić information content (AvgIpc) is 3.36. The molecule has 1 fully saturated rings. The molecule has 2 aromatic carbocycles. The first-order valence-electron chi connectivity index (χ1n) is 10.7. The number of aromatic hydroxyl groups is 1. The molecule has 2 aromatic heterocycles. The topological polar surface area (TPSA) is 86.3 Å². The van der Waals surface area contributed by atoms with Gasteiger partial charge in [-0.15, -0.1) is 21.6 Å². The minimum absolute atomic E-state index is 0.0329. The Labute approximate surface area is 199 Å². The van der Waals surface area contributed by atoms with E-state index in [2.05, 4.69) is 32.1 Å². The van der Waals surface area contributed by atoms with E-state index in [9.17, 15) is 9.90 Å². The van der Waals surface area contributed by atoms with Crippen LogP contribution in [0.3, 0.4) is 0 Å². The van der Waals surface area contributed by atoms with Crippen LogP contribution in [-0.2, 0) is 11.5 Å². The Hall–Kier alpha value is -2.79. The van der Waals surface area contributed by atoms with Crippen LogP contribution in [0, 0.1) is 0 Å². The number of piperazine rings is 1. The second kappa shape index (κ2) is 9.60. The van der Waals surface area contributed by atoms with Gasteiger partial charge in [-0.2, -0.15) is 0 Å². The quantitative estimate of drug-likeness (QED) is 0.322. The highest BCUT2D eigenvalue weighted by atomic mass is 32.2. The largest absolute Gasteiger partial charge is 0.493 e. The number of aromatic nitrogens is 2. The lowest BCUT2D eigenvalue weighted by Gasteiger charge is -2.32. The number of hydrogen-bond donors (Lipinski definition) is 1. The molecule has 0 saturated carbocycles. The van der Waals surface area contributed by atoms with E-state index in [1.165, 1.54) is 11.8 Å². The number of likely N-dealkylation sites (N-methyl/N-ethyl adjacent to an activating group) is 1. The fraction of sp³-hybridized carbons (Fsp3) is 0.304. The number of fused-ring (bicyclic) bond motifs is 2. The van der Waals surface area contributed by atoms with Crippen molar-refractivity contribution in [3.05, 3.63) is 48.5 Å². The molecule has 8 nitrogen and oxygen atoms in total. The lowest BCUT2D eigenvalue weighted by Crippen LogP contribution is -2.44. The van der Waals surface area contributed by atoms with Crippen LogP contribution in [0.15, 0.2) is 63.1 Å². The lowest BCUT2D eigenvalue weighted by molar-refractivity contribution is -0.115. The second-order valence-corrected chi connectivity index (χ2v) is 10.3. The summed E-state index contributed by atoms with van der Waals surface area (Å²) in [4.78, 5) is 21.5. The Morgan fingerprint density at radius 1 is 1.12 bits per heavy atom. The summed E-state index contributed by atoms with van der Waals surface area (Å²) in [7, 11) is 2.12. The van der Waals surface area contributed by atoms with Crippen LogP contribution in [0.1, 0.15) is 0 Å². The van der Waals surface area contributed by atoms with Crippen molar-refractivity contribution < 1.29 is 9.90 Å². The van der Waals surface area contributed by atoms with E-state index in [0.717, 1.165) is 51.6 Å². The zero-order chi connectivity index (χ0) is 22.8. The molecule has 0 radical (unpaired) electrons. The summed E-state index contributed by atoms with van der Waals surface area (Å²) < 4.78 is 3.76. The van der Waals surface area contributed by atoms with E-state index in [1.54, 1.807) is 11.3 Å². The van der Waals surface area contributed by atoms with Gasteiger partial charge in [-0.1, -0.05) is 42.1 Å². The van der Waals surface area contributed by atoms with E-state index in [1.807, 2.05) is 53.1 Å². The SMILES string of the molecule is CN1CCN(Cn2c(O)c(N=NC(=O)CSc3nc4ccccc4s3)c3ccccc32)CC1. The molecule has 3 heterocycles. The van der Waals surface area contributed by atoms with Crippen LogP contribution in [0.2, 0.25) is 0 Å². The van der Waals surface area contributed by atoms with Gasteiger partial charge >= 0.3 is 0 Å². The van der Waals surface area contributed by atoms with Crippen molar-refractivity contribution in [2.75, 3.05) is 39.0 Å². The molecule has 1 saturated heterocycles. The van der Waals surface area contributed by atoms with Gasteiger partial charge in [-0.05, 0) is 25.2 Å². The molecule has 1 aliphatic rings. The van der Waals surface area contributed by atoms with Gasteiger partial charge in [0.25, 0.3) is 5.91 Å². The Kier molecular flexibility index (Phi) is 6.41. The zero-order valence-electron chi connectivity index (χ0n) is 18.2. The Bertz CT molecular complexity index is 1290. The van der Waals surface area contributed by atoms with Crippen LogP contribution >= 0.6 is 23.1 Å². The maximum atomic E-state index is 12.4. The first-order valence-corrected chi connectivity index (χ1v) is 12.5. The standard InChI is InChI=1S/C23H24N6O2S2/c1-27-10-12-28(13-11-27)15-29-18-8-4-2-6-16(18)21(22(29)31)26-25-20(30)14-32-23-24-17-7-3-5-9-19(17)33-23/h2-9,31H,10-15H2,1H3. The fourth-order valence-electron chi connectivity index (χ4n) is 3.87. The van der Waals surface area contributed by atoms with Crippen molar-refractivity contribution in [3.8, 4) is 5.88 Å². The third kappa shape index (κ3) is 4.79. The van der Waals surface area contributed by atoms with Gasteiger partial charge in [0.15, 0.2) is 10.0 Å². The summed E-state index contributed by atoms with van der Waals surface area (Å²) in [6.45, 7) is 4.42. The number of thioether (sulfide) groups is 1. The predicted molar refractivity (Wildman–Crippen MR) is 133 cm³/mol. The molecular formula is C23H24N6O2S2. The van der Waals surface area contributed by atoms with Gasteiger partial charge in [0.1, 0.15) is 0 Å². The molecule has 33 heavy (non-hydrogen) atoms. The molecule has 0 unspecified atom stereocenters. The number of thiazole rings is 1. The normalized spacial score (nSPS) is 15.8.